The van der Waals surface area contributed by atoms with Gasteiger partial charge < -0.3 is 34.6 Å². The van der Waals surface area contributed by atoms with Crippen molar-refractivity contribution in [2.24, 2.45) is 0 Å². The lowest BCUT2D eigenvalue weighted by atomic mass is 10.0. The molecule has 0 bridgehead atoms. The molecular weight excluding hydrogens is 919 g/mol. The molecule has 1 unspecified atom stereocenters. The third kappa shape index (κ3) is 47.4. The van der Waals surface area contributed by atoms with Crippen molar-refractivity contribution in [2.75, 3.05) is 59.1 Å². The Bertz CT molecular complexity index is 1330. The van der Waals surface area contributed by atoms with Crippen LogP contribution in [0.5, 0.6) is 0 Å². The van der Waals surface area contributed by atoms with Gasteiger partial charge in [-0.05, 0) is 124 Å². The van der Waals surface area contributed by atoms with E-state index in [1.165, 1.54) is 103 Å². The van der Waals surface area contributed by atoms with Crippen molar-refractivity contribution in [1.82, 2.24) is 15.1 Å². The minimum absolute atomic E-state index is 0.000413. The molecule has 1 atom stereocenters. The van der Waals surface area contributed by atoms with E-state index in [1.807, 2.05) is 30.6 Å². The molecule has 12 heteroatoms. The highest BCUT2D eigenvalue weighted by Crippen LogP contribution is 2.20. The van der Waals surface area contributed by atoms with Crippen molar-refractivity contribution < 1.29 is 43.6 Å². The quantitative estimate of drug-likeness (QED) is 0.0231. The molecule has 3 N–H and O–H groups in total. The van der Waals surface area contributed by atoms with Gasteiger partial charge >= 0.3 is 17.9 Å². The highest BCUT2D eigenvalue weighted by molar-refractivity contribution is 5.77. The fourth-order valence-electron chi connectivity index (χ4n) is 9.18. The summed E-state index contributed by atoms with van der Waals surface area (Å²) < 4.78 is 17.3. The zero-order chi connectivity index (χ0) is 53.9. The molecular formula is C61H115N3O9. The molecule has 0 saturated heterocycles. The van der Waals surface area contributed by atoms with Crippen LogP contribution in [-0.4, -0.2) is 121 Å². The van der Waals surface area contributed by atoms with Gasteiger partial charge in [0.25, 0.3) is 0 Å². The molecule has 0 fully saturated rings. The van der Waals surface area contributed by atoms with Gasteiger partial charge in [-0.2, -0.15) is 0 Å². The second-order valence-electron chi connectivity index (χ2n) is 21.6. The molecule has 12 nitrogen and oxygen atoms in total. The first-order valence-electron chi connectivity index (χ1n) is 30.2. The normalized spacial score (nSPS) is 12.4. The third-order valence-electron chi connectivity index (χ3n) is 13.4. The van der Waals surface area contributed by atoms with Crippen molar-refractivity contribution in [3.63, 3.8) is 0 Å². The Labute approximate surface area is 448 Å². The maximum atomic E-state index is 14.2. The van der Waals surface area contributed by atoms with Gasteiger partial charge in [0, 0.05) is 58.0 Å². The Morgan fingerprint density at radius 1 is 0.521 bits per heavy atom. The summed E-state index contributed by atoms with van der Waals surface area (Å²) in [5.41, 5.74) is -0.615. The smallest absolute Gasteiger partial charge is 0.320 e. The predicted molar refractivity (Wildman–Crippen MR) is 303 cm³/mol. The standard InChI is InChI=1S/C61H115N3O9/c1-7-10-13-16-19-20-21-22-23-24-25-26-27-30-35-44-58(68)71-52-38-31-32-40-55(53-62-54-60(70)73-61(4,5)6)64(47-39-46-63(48-50-65)49-51-66)57(67)43-36-37-45-59(69)72-56(41-33-28-17-14-11-8-2)42-34-29-18-15-12-9-3/h19-20,22-23,55-56,62,65-66H,7-18,21,24-54H2,1-6H3/b20-19-,23-22-. The van der Waals surface area contributed by atoms with E-state index < -0.39 is 5.60 Å². The van der Waals surface area contributed by atoms with Crippen molar-refractivity contribution in [1.29, 1.82) is 0 Å². The monoisotopic (exact) mass is 1030 g/mol. The van der Waals surface area contributed by atoms with Crippen LogP contribution in [0.15, 0.2) is 24.3 Å². The number of ether oxygens (including phenoxy) is 3. The van der Waals surface area contributed by atoms with E-state index in [0.717, 1.165) is 77.0 Å². The second-order valence-corrected chi connectivity index (χ2v) is 21.6. The van der Waals surface area contributed by atoms with E-state index in [4.69, 9.17) is 14.2 Å². The summed E-state index contributed by atoms with van der Waals surface area (Å²) >= 11 is 0. The number of esters is 3. The van der Waals surface area contributed by atoms with E-state index in [-0.39, 0.29) is 68.6 Å². The number of nitrogens with one attached hydrogen (secondary N) is 1. The van der Waals surface area contributed by atoms with E-state index in [2.05, 4.69) is 50.4 Å². The van der Waals surface area contributed by atoms with Crippen LogP contribution in [0, 0.1) is 0 Å². The number of rotatable bonds is 53. The lowest BCUT2D eigenvalue weighted by Gasteiger charge is -2.33. The molecule has 1 amide bonds. The summed E-state index contributed by atoms with van der Waals surface area (Å²) in [6, 6.07) is -0.213. The zero-order valence-corrected chi connectivity index (χ0v) is 48.2. The Morgan fingerprint density at radius 2 is 1.01 bits per heavy atom. The lowest BCUT2D eigenvalue weighted by molar-refractivity contribution is -0.154. The van der Waals surface area contributed by atoms with Crippen LogP contribution in [0.2, 0.25) is 0 Å². The highest BCUT2D eigenvalue weighted by atomic mass is 16.6. The molecule has 428 valence electrons. The molecule has 0 aromatic rings. The molecule has 0 spiro atoms. The van der Waals surface area contributed by atoms with Crippen LogP contribution in [0.25, 0.3) is 0 Å². The van der Waals surface area contributed by atoms with Gasteiger partial charge in [0.2, 0.25) is 5.91 Å². The van der Waals surface area contributed by atoms with Gasteiger partial charge in [0.05, 0.1) is 26.4 Å². The minimum Gasteiger partial charge on any atom is -0.466 e. The van der Waals surface area contributed by atoms with Crippen LogP contribution < -0.4 is 5.32 Å². The number of aliphatic hydroxyl groups is 2. The molecule has 0 rings (SSSR count). The molecule has 0 aliphatic heterocycles. The summed E-state index contributed by atoms with van der Waals surface area (Å²) in [5.74, 6) is -0.671. The molecule has 0 aromatic carbocycles. The van der Waals surface area contributed by atoms with E-state index in [9.17, 15) is 29.4 Å². The Hall–Kier alpha value is -2.80. The first-order valence-corrected chi connectivity index (χ1v) is 30.2. The molecule has 0 heterocycles. The van der Waals surface area contributed by atoms with Gasteiger partial charge in [0.15, 0.2) is 0 Å². The molecule has 0 aliphatic carbocycles. The number of unbranched alkanes of at least 4 members (excludes halogenated alkanes) is 21. The predicted octanol–water partition coefficient (Wildman–Crippen LogP) is 13.7. The van der Waals surface area contributed by atoms with Crippen molar-refractivity contribution in [3.05, 3.63) is 24.3 Å². The van der Waals surface area contributed by atoms with Crippen molar-refractivity contribution in [2.45, 2.75) is 284 Å². The van der Waals surface area contributed by atoms with Crippen LogP contribution in [0.4, 0.5) is 0 Å². The number of aliphatic hydroxyl groups excluding tert-OH is 2. The largest absolute Gasteiger partial charge is 0.466 e. The number of amides is 1. The van der Waals surface area contributed by atoms with Crippen LogP contribution in [0.1, 0.15) is 266 Å². The van der Waals surface area contributed by atoms with Gasteiger partial charge in [0.1, 0.15) is 11.7 Å². The average molecular weight is 1030 g/mol. The maximum Gasteiger partial charge on any atom is 0.320 e. The summed E-state index contributed by atoms with van der Waals surface area (Å²) in [7, 11) is 0. The van der Waals surface area contributed by atoms with Gasteiger partial charge in [-0.3, -0.25) is 24.1 Å². The van der Waals surface area contributed by atoms with E-state index in [1.54, 1.807) is 0 Å². The maximum absolute atomic E-state index is 14.2. The molecule has 0 aromatic heterocycles. The Balaban J connectivity index is 5.40. The Morgan fingerprint density at radius 3 is 1.62 bits per heavy atom. The molecule has 0 radical (unpaired) electrons. The van der Waals surface area contributed by atoms with Gasteiger partial charge in [-0.25, -0.2) is 0 Å². The van der Waals surface area contributed by atoms with Crippen LogP contribution in [0.3, 0.4) is 0 Å². The lowest BCUT2D eigenvalue weighted by Crippen LogP contribution is -2.48. The summed E-state index contributed by atoms with van der Waals surface area (Å²) in [6.45, 7) is 14.9. The number of hydrogen-bond donors (Lipinski definition) is 3. The number of hydrogen-bond acceptors (Lipinski definition) is 11. The van der Waals surface area contributed by atoms with E-state index in [0.29, 0.717) is 71.4 Å². The number of carbonyl (C=O) groups excluding carboxylic acids is 4. The highest BCUT2D eigenvalue weighted by Gasteiger charge is 2.25. The molecule has 0 aliphatic rings. The summed E-state index contributed by atoms with van der Waals surface area (Å²) in [5, 5.41) is 22.5. The summed E-state index contributed by atoms with van der Waals surface area (Å²) in [4.78, 5) is 56.6. The zero-order valence-electron chi connectivity index (χ0n) is 48.2. The van der Waals surface area contributed by atoms with Crippen LogP contribution in [-0.2, 0) is 33.4 Å². The number of allylic oxidation sites excluding steroid dienone is 4. The van der Waals surface area contributed by atoms with Gasteiger partial charge in [-0.15, -0.1) is 0 Å². The average Bonchev–Trinajstić information content (AvgIpc) is 3.35. The van der Waals surface area contributed by atoms with Crippen molar-refractivity contribution in [3.8, 4) is 0 Å². The first kappa shape index (κ1) is 70.2. The van der Waals surface area contributed by atoms with Gasteiger partial charge in [-0.1, -0.05) is 148 Å². The number of carbonyl (C=O) groups is 4. The number of nitrogens with zero attached hydrogens (tertiary/aromatic N) is 2. The topological polar surface area (TPSA) is 155 Å². The third-order valence-corrected chi connectivity index (χ3v) is 13.4. The summed E-state index contributed by atoms with van der Waals surface area (Å²) in [6.07, 6.45) is 43.8. The second kappa shape index (κ2) is 51.3. The fourth-order valence-corrected chi connectivity index (χ4v) is 9.18. The molecule has 73 heavy (non-hydrogen) atoms. The van der Waals surface area contributed by atoms with Crippen LogP contribution >= 0.6 is 0 Å². The van der Waals surface area contributed by atoms with E-state index >= 15 is 0 Å². The SMILES string of the molecule is CCCCC/C=C\C/C=C\CCCCCCCC(=O)OCCCCCC(CNCC(=O)OC(C)(C)C)N(CCCN(CCO)CCO)C(=O)CCCCC(=O)OC(CCCCCCCC)CCCCCCCC. The Kier molecular flexibility index (Phi) is 49.3. The van der Waals surface area contributed by atoms with Crippen molar-refractivity contribution >= 4 is 23.8 Å². The molecule has 0 saturated carbocycles. The first-order chi connectivity index (χ1) is 35.4. The fraction of sp³-hybridized carbons (Fsp3) is 0.869. The minimum atomic E-state index is -0.615.